The van der Waals surface area contributed by atoms with Gasteiger partial charge >= 0.3 is 0 Å². The lowest BCUT2D eigenvalue weighted by Gasteiger charge is -2.61. The van der Waals surface area contributed by atoms with E-state index in [4.69, 9.17) is 0 Å². The molecular formula is C22H31FO4. The van der Waals surface area contributed by atoms with Crippen molar-refractivity contribution in [1.82, 2.24) is 0 Å². The van der Waals surface area contributed by atoms with E-state index in [1.54, 1.807) is 0 Å². The highest BCUT2D eigenvalue weighted by atomic mass is 19.1. The van der Waals surface area contributed by atoms with E-state index >= 15 is 4.39 Å². The van der Waals surface area contributed by atoms with E-state index in [1.807, 2.05) is 20.8 Å². The molecule has 0 aliphatic heterocycles. The molecule has 4 rings (SSSR count). The summed E-state index contributed by atoms with van der Waals surface area (Å²) in [5, 5.41) is 22.6. The number of alkyl halides is 1. The lowest BCUT2D eigenvalue weighted by molar-refractivity contribution is -0.186. The summed E-state index contributed by atoms with van der Waals surface area (Å²) in [4.78, 5) is 24.4. The quantitative estimate of drug-likeness (QED) is 0.736. The Hall–Kier alpha value is -1.07. The van der Waals surface area contributed by atoms with E-state index < -0.39 is 28.7 Å². The number of rotatable bonds is 1. The Morgan fingerprint density at radius 1 is 1.30 bits per heavy atom. The van der Waals surface area contributed by atoms with E-state index in [0.29, 0.717) is 31.3 Å². The Morgan fingerprint density at radius 2 is 1.96 bits per heavy atom. The molecule has 3 unspecified atom stereocenters. The molecular weight excluding hydrogens is 347 g/mol. The van der Waals surface area contributed by atoms with Crippen LogP contribution in [0.25, 0.3) is 0 Å². The number of hydrogen-bond acceptors (Lipinski definition) is 4. The van der Waals surface area contributed by atoms with Crippen LogP contribution >= 0.6 is 0 Å². The average molecular weight is 378 g/mol. The van der Waals surface area contributed by atoms with Crippen molar-refractivity contribution in [3.63, 3.8) is 0 Å². The second kappa shape index (κ2) is 5.73. The summed E-state index contributed by atoms with van der Waals surface area (Å²) in [5.74, 6) is -0.744. The second-order valence-corrected chi connectivity index (χ2v) is 10.1. The van der Waals surface area contributed by atoms with Crippen molar-refractivity contribution in [2.45, 2.75) is 77.7 Å². The summed E-state index contributed by atoms with van der Waals surface area (Å²) < 4.78 is 15.2. The van der Waals surface area contributed by atoms with Gasteiger partial charge in [-0.3, -0.25) is 9.59 Å². The summed E-state index contributed by atoms with van der Waals surface area (Å²) in [6.45, 7) is 7.23. The highest BCUT2D eigenvalue weighted by Gasteiger charge is 2.70. The van der Waals surface area contributed by atoms with Crippen molar-refractivity contribution in [3.8, 4) is 0 Å². The Balaban J connectivity index is 1.81. The number of aliphatic hydroxyl groups is 2. The van der Waals surface area contributed by atoms with Crippen LogP contribution in [-0.4, -0.2) is 39.7 Å². The highest BCUT2D eigenvalue weighted by molar-refractivity contribution is 5.92. The zero-order chi connectivity index (χ0) is 19.9. The number of ketones is 2. The third-order valence-corrected chi connectivity index (χ3v) is 8.99. The second-order valence-electron chi connectivity index (χ2n) is 10.1. The molecule has 9 atom stereocenters. The zero-order valence-corrected chi connectivity index (χ0v) is 16.7. The van der Waals surface area contributed by atoms with Gasteiger partial charge in [-0.15, -0.1) is 0 Å². The Bertz CT molecular complexity index is 732. The standard InChI is InChI=1S/C22H31FO4/c1-11-7-15-14-9-17(23)16-8-13(25)5-6-20(16,3)19(14)18(26)10-21(15,4)22(11,27)12(2)24/h8,11,14-15,17-19,26-27H,5-7,9-10H2,1-4H3/t11?,14-,15-,17?,18?,19+,20-,21-,22-/m0/s1. The molecule has 27 heavy (non-hydrogen) atoms. The van der Waals surface area contributed by atoms with Crippen molar-refractivity contribution >= 4 is 11.6 Å². The summed E-state index contributed by atoms with van der Waals surface area (Å²) >= 11 is 0. The van der Waals surface area contributed by atoms with E-state index in [0.717, 1.165) is 0 Å². The number of fused-ring (bicyclic) bond motifs is 5. The van der Waals surface area contributed by atoms with Gasteiger partial charge in [0.05, 0.1) is 6.10 Å². The van der Waals surface area contributed by atoms with Gasteiger partial charge < -0.3 is 10.2 Å². The normalized spacial score (nSPS) is 54.6. The number of carbonyl (C=O) groups is 2. The molecule has 0 spiro atoms. The molecule has 0 heterocycles. The molecule has 0 radical (unpaired) electrons. The third-order valence-electron chi connectivity index (χ3n) is 8.99. The van der Waals surface area contributed by atoms with Crippen molar-refractivity contribution < 1.29 is 24.2 Å². The molecule has 0 amide bonds. The third kappa shape index (κ3) is 2.21. The number of aliphatic hydroxyl groups excluding tert-OH is 1. The van der Waals surface area contributed by atoms with E-state index in [9.17, 15) is 19.8 Å². The summed E-state index contributed by atoms with van der Waals surface area (Å²) in [6, 6.07) is 0. The maximum absolute atomic E-state index is 15.2. The molecule has 5 heteroatoms. The minimum absolute atomic E-state index is 0.0101. The van der Waals surface area contributed by atoms with Crippen LogP contribution in [0.1, 0.15) is 59.8 Å². The molecule has 4 aliphatic carbocycles. The first-order valence-electron chi connectivity index (χ1n) is 10.3. The fourth-order valence-corrected chi connectivity index (χ4v) is 7.78. The van der Waals surface area contributed by atoms with Gasteiger partial charge in [-0.2, -0.15) is 0 Å². The van der Waals surface area contributed by atoms with Crippen LogP contribution < -0.4 is 0 Å². The molecule has 4 aliphatic rings. The van der Waals surface area contributed by atoms with Crippen molar-refractivity contribution in [3.05, 3.63) is 11.6 Å². The van der Waals surface area contributed by atoms with Gasteiger partial charge in [0.25, 0.3) is 0 Å². The molecule has 0 bridgehead atoms. The van der Waals surface area contributed by atoms with Crippen LogP contribution in [0.3, 0.4) is 0 Å². The van der Waals surface area contributed by atoms with Crippen LogP contribution in [0.15, 0.2) is 11.6 Å². The van der Waals surface area contributed by atoms with Crippen molar-refractivity contribution in [2.75, 3.05) is 0 Å². The fourth-order valence-electron chi connectivity index (χ4n) is 7.78. The molecule has 4 nitrogen and oxygen atoms in total. The van der Waals surface area contributed by atoms with Crippen molar-refractivity contribution in [2.24, 2.45) is 34.5 Å². The number of Topliss-reactive ketones (excluding diaryl/α,β-unsaturated/α-hetero) is 1. The van der Waals surface area contributed by atoms with Crippen LogP contribution in [0, 0.1) is 34.5 Å². The van der Waals surface area contributed by atoms with Crippen molar-refractivity contribution in [1.29, 1.82) is 0 Å². The SMILES string of the molecule is CC(=O)[C@@]1(O)C(C)C[C@H]2[C@@H]3CC(F)C4=CC(=O)CC[C@]4(C)[C@H]3C(O)C[C@@]21C. The van der Waals surface area contributed by atoms with Gasteiger partial charge in [-0.05, 0) is 73.3 Å². The number of halogens is 1. The zero-order valence-electron chi connectivity index (χ0n) is 16.7. The van der Waals surface area contributed by atoms with Gasteiger partial charge in [0, 0.05) is 11.8 Å². The predicted molar refractivity (Wildman–Crippen MR) is 98.6 cm³/mol. The molecule has 3 fully saturated rings. The average Bonchev–Trinajstić information content (AvgIpc) is 2.78. The van der Waals surface area contributed by atoms with Crippen LogP contribution in [0.4, 0.5) is 4.39 Å². The molecule has 150 valence electrons. The van der Waals surface area contributed by atoms with Gasteiger partial charge in [0.2, 0.25) is 0 Å². The number of hydrogen-bond donors (Lipinski definition) is 2. The minimum atomic E-state index is -1.48. The smallest absolute Gasteiger partial charge is 0.162 e. The predicted octanol–water partition coefficient (Wildman–Crippen LogP) is 3.00. The highest BCUT2D eigenvalue weighted by Crippen LogP contribution is 2.68. The first kappa shape index (κ1) is 19.3. The van der Waals surface area contributed by atoms with E-state index in [1.165, 1.54) is 13.0 Å². The monoisotopic (exact) mass is 378 g/mol. The summed E-state index contributed by atoms with van der Waals surface area (Å²) in [7, 11) is 0. The molecule has 0 saturated heterocycles. The molecule has 3 saturated carbocycles. The largest absolute Gasteiger partial charge is 0.393 e. The molecule has 2 N–H and O–H groups in total. The number of allylic oxidation sites excluding steroid dienone is 1. The van der Waals surface area contributed by atoms with Gasteiger partial charge in [-0.25, -0.2) is 4.39 Å². The fraction of sp³-hybridized carbons (Fsp3) is 0.818. The number of carbonyl (C=O) groups excluding carboxylic acids is 2. The Kier molecular flexibility index (Phi) is 4.08. The minimum Gasteiger partial charge on any atom is -0.393 e. The Morgan fingerprint density at radius 3 is 2.59 bits per heavy atom. The topological polar surface area (TPSA) is 74.6 Å². The van der Waals surface area contributed by atoms with E-state index in [2.05, 4.69) is 0 Å². The maximum atomic E-state index is 15.2. The van der Waals surface area contributed by atoms with Gasteiger partial charge in [-0.1, -0.05) is 20.8 Å². The first-order chi connectivity index (χ1) is 12.5. The van der Waals surface area contributed by atoms with Crippen LogP contribution in [0.2, 0.25) is 0 Å². The van der Waals surface area contributed by atoms with Crippen LogP contribution in [0.5, 0.6) is 0 Å². The van der Waals surface area contributed by atoms with E-state index in [-0.39, 0.29) is 41.7 Å². The van der Waals surface area contributed by atoms with Crippen LogP contribution in [-0.2, 0) is 9.59 Å². The lowest BCUT2D eigenvalue weighted by atomic mass is 9.45. The first-order valence-corrected chi connectivity index (χ1v) is 10.3. The Labute approximate surface area is 160 Å². The lowest BCUT2D eigenvalue weighted by Crippen LogP contribution is -2.63. The summed E-state index contributed by atoms with van der Waals surface area (Å²) in [6.07, 6.45) is 1.78. The van der Waals surface area contributed by atoms with Gasteiger partial charge in [0.1, 0.15) is 11.8 Å². The summed E-state index contributed by atoms with van der Waals surface area (Å²) in [5.41, 5.74) is -2.21. The van der Waals surface area contributed by atoms with Gasteiger partial charge in [0.15, 0.2) is 11.6 Å². The molecule has 0 aromatic heterocycles. The molecule has 0 aromatic rings. The maximum Gasteiger partial charge on any atom is 0.162 e. The molecule has 0 aromatic carbocycles.